The fraction of sp³-hybridized carbons (Fsp3) is 0.556. The van der Waals surface area contributed by atoms with Crippen LogP contribution in [-0.4, -0.2) is 29.3 Å². The fourth-order valence-corrected chi connectivity index (χ4v) is 2.21. The molecule has 0 saturated carbocycles. The number of hydrogen-bond acceptors (Lipinski definition) is 2. The van der Waals surface area contributed by atoms with E-state index in [1.165, 1.54) is 12.5 Å². The molecule has 1 N–H and O–H groups in total. The van der Waals surface area contributed by atoms with Crippen molar-refractivity contribution in [2.24, 2.45) is 0 Å². The zero-order chi connectivity index (χ0) is 16.9. The number of benzene rings is 1. The number of anilines is 1. The molecule has 4 heteroatoms. The molecule has 0 aliphatic heterocycles. The highest BCUT2D eigenvalue weighted by atomic mass is 16.2. The smallest absolute Gasteiger partial charge is 0.244 e. The minimum absolute atomic E-state index is 0.0616. The molecule has 1 unspecified atom stereocenters. The van der Waals surface area contributed by atoms with Crippen molar-refractivity contribution in [2.75, 3.05) is 11.9 Å². The summed E-state index contributed by atoms with van der Waals surface area (Å²) in [5.41, 5.74) is 2.06. The zero-order valence-electron chi connectivity index (χ0n) is 14.6. The summed E-state index contributed by atoms with van der Waals surface area (Å²) in [5, 5.41) is 2.85. The molecule has 1 rings (SSSR count). The van der Waals surface area contributed by atoms with Gasteiger partial charge in [0, 0.05) is 18.7 Å². The lowest BCUT2D eigenvalue weighted by Crippen LogP contribution is -2.42. The molecule has 1 aromatic carbocycles. The van der Waals surface area contributed by atoms with Crippen molar-refractivity contribution in [3.8, 4) is 0 Å². The van der Waals surface area contributed by atoms with E-state index in [0.29, 0.717) is 0 Å². The summed E-state index contributed by atoms with van der Waals surface area (Å²) in [6.07, 6.45) is 0.827. The van der Waals surface area contributed by atoms with Crippen LogP contribution in [0.2, 0.25) is 0 Å². The Labute approximate surface area is 133 Å². The molecular weight excluding hydrogens is 276 g/mol. The maximum atomic E-state index is 12.1. The van der Waals surface area contributed by atoms with E-state index in [1.54, 1.807) is 4.90 Å². The van der Waals surface area contributed by atoms with E-state index >= 15 is 0 Å². The van der Waals surface area contributed by atoms with Crippen molar-refractivity contribution in [1.29, 1.82) is 0 Å². The molecule has 1 atom stereocenters. The molecule has 22 heavy (non-hydrogen) atoms. The summed E-state index contributed by atoms with van der Waals surface area (Å²) < 4.78 is 0. The van der Waals surface area contributed by atoms with Crippen LogP contribution in [0.4, 0.5) is 5.69 Å². The summed E-state index contributed by atoms with van der Waals surface area (Å²) in [5.74, 6) is -0.244. The Morgan fingerprint density at radius 2 is 1.73 bits per heavy atom. The quantitative estimate of drug-likeness (QED) is 0.904. The van der Waals surface area contributed by atoms with Crippen LogP contribution in [0, 0.1) is 0 Å². The van der Waals surface area contributed by atoms with Crippen LogP contribution in [-0.2, 0) is 15.0 Å². The van der Waals surface area contributed by atoms with Crippen molar-refractivity contribution < 1.29 is 9.59 Å². The number of carbonyl (C=O) groups is 2. The van der Waals surface area contributed by atoms with E-state index in [2.05, 4.69) is 26.1 Å². The van der Waals surface area contributed by atoms with Gasteiger partial charge in [0.25, 0.3) is 0 Å². The van der Waals surface area contributed by atoms with E-state index in [1.807, 2.05) is 38.1 Å². The minimum Gasteiger partial charge on any atom is -0.331 e. The normalized spacial score (nSPS) is 12.6. The summed E-state index contributed by atoms with van der Waals surface area (Å²) in [4.78, 5) is 25.4. The third-order valence-corrected chi connectivity index (χ3v) is 3.88. The van der Waals surface area contributed by atoms with Crippen LogP contribution in [0.5, 0.6) is 0 Å². The highest BCUT2D eigenvalue weighted by molar-refractivity contribution is 5.94. The van der Waals surface area contributed by atoms with Crippen LogP contribution in [0.1, 0.15) is 53.5 Å². The summed E-state index contributed by atoms with van der Waals surface area (Å²) >= 11 is 0. The maximum Gasteiger partial charge on any atom is 0.244 e. The molecule has 0 heterocycles. The number of carbonyl (C=O) groups excluding carboxylic acids is 2. The molecule has 0 fully saturated rings. The number of amides is 2. The second-order valence-electron chi connectivity index (χ2n) is 6.78. The van der Waals surface area contributed by atoms with Gasteiger partial charge in [0.2, 0.25) is 11.8 Å². The third kappa shape index (κ3) is 5.17. The average molecular weight is 304 g/mol. The highest BCUT2D eigenvalue weighted by Crippen LogP contribution is 2.23. The molecule has 0 aliphatic rings. The zero-order valence-corrected chi connectivity index (χ0v) is 14.6. The van der Waals surface area contributed by atoms with Crippen LogP contribution >= 0.6 is 0 Å². The van der Waals surface area contributed by atoms with Gasteiger partial charge in [-0.15, -0.1) is 0 Å². The van der Waals surface area contributed by atoms with Crippen molar-refractivity contribution in [3.05, 3.63) is 29.8 Å². The highest BCUT2D eigenvalue weighted by Gasteiger charge is 2.19. The Morgan fingerprint density at radius 1 is 1.18 bits per heavy atom. The second-order valence-corrected chi connectivity index (χ2v) is 6.78. The average Bonchev–Trinajstić information content (AvgIpc) is 2.43. The number of nitrogens with zero attached hydrogens (tertiary/aromatic N) is 1. The van der Waals surface area contributed by atoms with E-state index in [0.717, 1.165) is 12.1 Å². The van der Waals surface area contributed by atoms with Crippen molar-refractivity contribution in [2.45, 2.75) is 59.4 Å². The van der Waals surface area contributed by atoms with Crippen molar-refractivity contribution in [3.63, 3.8) is 0 Å². The minimum atomic E-state index is -0.168. The van der Waals surface area contributed by atoms with Crippen LogP contribution in [0.3, 0.4) is 0 Å². The number of nitrogens with one attached hydrogen (secondary N) is 1. The SMILES string of the molecule is CCC(C)N(CC(=O)Nc1ccc(C(C)(C)C)cc1)C(C)=O. The predicted molar refractivity (Wildman–Crippen MR) is 90.9 cm³/mol. The first-order valence-electron chi connectivity index (χ1n) is 7.82. The summed E-state index contributed by atoms with van der Waals surface area (Å²) in [7, 11) is 0. The van der Waals surface area contributed by atoms with E-state index in [-0.39, 0.29) is 29.8 Å². The van der Waals surface area contributed by atoms with Gasteiger partial charge in [0.1, 0.15) is 6.54 Å². The summed E-state index contributed by atoms with van der Waals surface area (Å²) in [6, 6.07) is 7.91. The summed E-state index contributed by atoms with van der Waals surface area (Å²) in [6.45, 7) is 12.0. The second kappa shape index (κ2) is 7.43. The van der Waals surface area contributed by atoms with E-state index < -0.39 is 0 Å². The molecule has 0 bridgehead atoms. The Hall–Kier alpha value is -1.84. The predicted octanol–water partition coefficient (Wildman–Crippen LogP) is 3.57. The molecule has 2 amide bonds. The molecule has 122 valence electrons. The first kappa shape index (κ1) is 18.2. The Balaban J connectivity index is 2.70. The molecule has 0 spiro atoms. The lowest BCUT2D eigenvalue weighted by Gasteiger charge is -2.26. The molecule has 0 aliphatic carbocycles. The van der Waals surface area contributed by atoms with Gasteiger partial charge in [-0.05, 0) is 36.5 Å². The van der Waals surface area contributed by atoms with E-state index in [9.17, 15) is 9.59 Å². The molecule has 0 aromatic heterocycles. The largest absolute Gasteiger partial charge is 0.331 e. The van der Waals surface area contributed by atoms with E-state index in [4.69, 9.17) is 0 Å². The molecule has 0 saturated heterocycles. The Kier molecular flexibility index (Phi) is 6.15. The lowest BCUT2D eigenvalue weighted by molar-refractivity contribution is -0.134. The topological polar surface area (TPSA) is 49.4 Å². The van der Waals surface area contributed by atoms with Gasteiger partial charge in [-0.1, -0.05) is 39.8 Å². The maximum absolute atomic E-state index is 12.1. The van der Waals surface area contributed by atoms with Gasteiger partial charge in [-0.2, -0.15) is 0 Å². The lowest BCUT2D eigenvalue weighted by atomic mass is 9.87. The molecule has 4 nitrogen and oxygen atoms in total. The van der Waals surface area contributed by atoms with Crippen LogP contribution in [0.15, 0.2) is 24.3 Å². The van der Waals surface area contributed by atoms with Crippen molar-refractivity contribution >= 4 is 17.5 Å². The van der Waals surface area contributed by atoms with Crippen molar-refractivity contribution in [1.82, 2.24) is 4.90 Å². The van der Waals surface area contributed by atoms with Gasteiger partial charge < -0.3 is 10.2 Å². The Morgan fingerprint density at radius 3 is 2.14 bits per heavy atom. The van der Waals surface area contributed by atoms with Gasteiger partial charge in [-0.25, -0.2) is 0 Å². The van der Waals surface area contributed by atoms with Crippen LogP contribution in [0.25, 0.3) is 0 Å². The fourth-order valence-electron chi connectivity index (χ4n) is 2.21. The monoisotopic (exact) mass is 304 g/mol. The van der Waals surface area contributed by atoms with Gasteiger partial charge in [0.15, 0.2) is 0 Å². The Bertz CT molecular complexity index is 515. The number of rotatable bonds is 5. The van der Waals surface area contributed by atoms with Gasteiger partial charge >= 0.3 is 0 Å². The molecule has 0 radical (unpaired) electrons. The van der Waals surface area contributed by atoms with Gasteiger partial charge in [-0.3, -0.25) is 9.59 Å². The molecule has 1 aromatic rings. The standard InChI is InChI=1S/C18H28N2O2/c1-7-13(2)20(14(3)21)12-17(22)19-16-10-8-15(9-11-16)18(4,5)6/h8-11,13H,7,12H2,1-6H3,(H,19,22). The number of hydrogen-bond donors (Lipinski definition) is 1. The van der Waals surface area contributed by atoms with Gasteiger partial charge in [0.05, 0.1) is 0 Å². The van der Waals surface area contributed by atoms with Crippen LogP contribution < -0.4 is 5.32 Å². The first-order valence-corrected chi connectivity index (χ1v) is 7.82. The third-order valence-electron chi connectivity index (χ3n) is 3.88. The molecular formula is C18H28N2O2. The first-order chi connectivity index (χ1) is 10.1.